The summed E-state index contributed by atoms with van der Waals surface area (Å²) in [5.74, 6) is -1.13. The van der Waals surface area contributed by atoms with Gasteiger partial charge in [0, 0.05) is 23.1 Å². The number of benzene rings is 2. The van der Waals surface area contributed by atoms with Gasteiger partial charge in [0.05, 0.1) is 10.7 Å². The van der Waals surface area contributed by atoms with E-state index in [0.29, 0.717) is 27.0 Å². The number of carboxylic acid groups (broad SMARTS) is 1. The first-order chi connectivity index (χ1) is 9.06. The molecule has 0 aliphatic heterocycles. The minimum atomic E-state index is -1.13. The maximum atomic E-state index is 10.7. The minimum absolute atomic E-state index is 0. The quantitative estimate of drug-likeness (QED) is 0.810. The zero-order valence-corrected chi connectivity index (χ0v) is 14.3. The van der Waals surface area contributed by atoms with Crippen molar-refractivity contribution in [2.45, 2.75) is 6.42 Å². The van der Waals surface area contributed by atoms with Gasteiger partial charge in [0.1, 0.15) is 0 Å². The Hall–Kier alpha value is -0.710. The fourth-order valence-corrected chi connectivity index (χ4v) is 2.03. The van der Waals surface area contributed by atoms with E-state index in [1.165, 1.54) is 0 Å². The van der Waals surface area contributed by atoms with E-state index >= 15 is 0 Å². The van der Waals surface area contributed by atoms with Gasteiger partial charge in [0.15, 0.2) is 0 Å². The first-order valence-corrected chi connectivity index (χ1v) is 6.31. The second-order valence-electron chi connectivity index (χ2n) is 3.96. The number of carboxylic acids is 1. The Morgan fingerprint density at radius 3 is 2.50 bits per heavy atom. The largest absolute Gasteiger partial charge is 1.00 e. The van der Waals surface area contributed by atoms with Crippen LogP contribution in [0, 0.1) is 0 Å². The number of hydrogen-bond acceptors (Lipinski definition) is 3. The van der Waals surface area contributed by atoms with Crippen molar-refractivity contribution >= 4 is 40.5 Å². The average molecular weight is 318 g/mol. The molecule has 0 spiro atoms. The van der Waals surface area contributed by atoms with Crippen LogP contribution in [0.5, 0.6) is 0 Å². The Bertz CT molecular complexity index is 620. The third-order valence-electron chi connectivity index (χ3n) is 2.55. The van der Waals surface area contributed by atoms with Gasteiger partial charge in [-0.15, -0.1) is 0 Å². The van der Waals surface area contributed by atoms with Crippen LogP contribution in [0.25, 0.3) is 0 Å². The number of rotatable bonds is 4. The van der Waals surface area contributed by atoms with E-state index < -0.39 is 5.97 Å². The number of carbonyl (C=O) groups excluding carboxylic acids is 1. The first kappa shape index (κ1) is 17.3. The second kappa shape index (κ2) is 7.91. The van der Waals surface area contributed by atoms with E-state index in [1.807, 2.05) is 0 Å². The van der Waals surface area contributed by atoms with E-state index in [2.05, 4.69) is 5.32 Å². The summed E-state index contributed by atoms with van der Waals surface area (Å²) >= 11 is 12.0. The van der Waals surface area contributed by atoms with Gasteiger partial charge in [-0.25, -0.2) is 0 Å². The molecule has 98 valence electrons. The molecule has 1 N–H and O–H groups in total. The van der Waals surface area contributed by atoms with Crippen molar-refractivity contribution < 1.29 is 39.5 Å². The Morgan fingerprint density at radius 2 is 1.80 bits per heavy atom. The van der Waals surface area contributed by atoms with E-state index in [4.69, 9.17) is 23.2 Å². The third-order valence-corrected chi connectivity index (χ3v) is 3.11. The molecule has 0 saturated heterocycles. The number of aliphatic carboxylic acids is 1. The summed E-state index contributed by atoms with van der Waals surface area (Å²) < 4.78 is 0. The molecule has 2 aromatic carbocycles. The van der Waals surface area contributed by atoms with Gasteiger partial charge in [0.2, 0.25) is 0 Å². The number of carbonyl (C=O) groups is 1. The summed E-state index contributed by atoms with van der Waals surface area (Å²) in [6.45, 7) is 0. The molecule has 2 aromatic rings. The normalized spacial score (nSPS) is 9.70. The van der Waals surface area contributed by atoms with Crippen LogP contribution in [0.4, 0.5) is 11.4 Å². The fraction of sp³-hybridized carbons (Fsp3) is 0.0714. The molecule has 6 heteroatoms. The van der Waals surface area contributed by atoms with Crippen LogP contribution in [0.1, 0.15) is 5.56 Å². The molecule has 0 aliphatic carbocycles. The van der Waals surface area contributed by atoms with Gasteiger partial charge in [0.25, 0.3) is 0 Å². The SMILES string of the molecule is O=C([O-])Cc1ccccc1Nc1cc(Cl)ccc1Cl.[Na+]. The van der Waals surface area contributed by atoms with Crippen molar-refractivity contribution in [3.05, 3.63) is 58.1 Å². The molecule has 2 rings (SSSR count). The van der Waals surface area contributed by atoms with Crippen molar-refractivity contribution in [3.8, 4) is 0 Å². The Kier molecular flexibility index (Phi) is 6.86. The number of halogens is 2. The van der Waals surface area contributed by atoms with Crippen molar-refractivity contribution in [3.63, 3.8) is 0 Å². The molecule has 0 unspecified atom stereocenters. The maximum Gasteiger partial charge on any atom is 1.00 e. The molecule has 0 bridgehead atoms. The van der Waals surface area contributed by atoms with E-state index in [-0.39, 0.29) is 36.0 Å². The minimum Gasteiger partial charge on any atom is -0.550 e. The molecule has 0 heterocycles. The molecule has 0 aliphatic rings. The summed E-state index contributed by atoms with van der Waals surface area (Å²) in [5, 5.41) is 14.8. The van der Waals surface area contributed by atoms with Crippen LogP contribution in [-0.4, -0.2) is 5.97 Å². The van der Waals surface area contributed by atoms with Gasteiger partial charge in [-0.3, -0.25) is 0 Å². The molecular formula is C14H10Cl2NNaO2. The maximum absolute atomic E-state index is 10.7. The van der Waals surface area contributed by atoms with E-state index in [9.17, 15) is 9.90 Å². The van der Waals surface area contributed by atoms with Gasteiger partial charge < -0.3 is 15.2 Å². The summed E-state index contributed by atoms with van der Waals surface area (Å²) in [7, 11) is 0. The topological polar surface area (TPSA) is 52.2 Å². The summed E-state index contributed by atoms with van der Waals surface area (Å²) in [4.78, 5) is 10.7. The van der Waals surface area contributed by atoms with Crippen LogP contribution < -0.4 is 40.0 Å². The van der Waals surface area contributed by atoms with Crippen LogP contribution in [-0.2, 0) is 11.2 Å². The standard InChI is InChI=1S/C14H11Cl2NO2.Na/c15-10-5-6-11(16)13(8-10)17-12-4-2-1-3-9(12)7-14(18)19;/h1-6,8,17H,7H2,(H,18,19);/q;+1/p-1. The number of hydrogen-bond donors (Lipinski definition) is 1. The van der Waals surface area contributed by atoms with Crippen LogP contribution in [0.2, 0.25) is 10.0 Å². The fourth-order valence-electron chi connectivity index (χ4n) is 1.69. The van der Waals surface area contributed by atoms with Crippen LogP contribution >= 0.6 is 23.2 Å². The molecule has 0 radical (unpaired) electrons. The molecule has 20 heavy (non-hydrogen) atoms. The molecule has 0 saturated carbocycles. The van der Waals surface area contributed by atoms with Gasteiger partial charge in [-0.2, -0.15) is 0 Å². The molecule has 0 atom stereocenters. The van der Waals surface area contributed by atoms with Gasteiger partial charge in [-0.1, -0.05) is 41.4 Å². The van der Waals surface area contributed by atoms with Crippen LogP contribution in [0.15, 0.2) is 42.5 Å². The van der Waals surface area contributed by atoms with Crippen molar-refractivity contribution in [1.29, 1.82) is 0 Å². The third kappa shape index (κ3) is 4.69. The number of anilines is 2. The molecule has 0 amide bonds. The average Bonchev–Trinajstić information content (AvgIpc) is 2.35. The smallest absolute Gasteiger partial charge is 0.550 e. The Morgan fingerprint density at radius 1 is 1.10 bits per heavy atom. The zero-order chi connectivity index (χ0) is 13.8. The van der Waals surface area contributed by atoms with Crippen molar-refractivity contribution in [1.82, 2.24) is 0 Å². The molecule has 0 aromatic heterocycles. The van der Waals surface area contributed by atoms with Crippen LogP contribution in [0.3, 0.4) is 0 Å². The predicted molar refractivity (Wildman–Crippen MR) is 74.9 cm³/mol. The molecular weight excluding hydrogens is 308 g/mol. The summed E-state index contributed by atoms with van der Waals surface area (Å²) in [6, 6.07) is 12.1. The van der Waals surface area contributed by atoms with Crippen molar-refractivity contribution in [2.24, 2.45) is 0 Å². The molecule has 0 fully saturated rings. The second-order valence-corrected chi connectivity index (χ2v) is 4.80. The van der Waals surface area contributed by atoms with Crippen molar-refractivity contribution in [2.75, 3.05) is 5.32 Å². The van der Waals surface area contributed by atoms with Gasteiger partial charge in [-0.05, 0) is 29.8 Å². The first-order valence-electron chi connectivity index (χ1n) is 5.56. The summed E-state index contributed by atoms with van der Waals surface area (Å²) in [5.41, 5.74) is 1.91. The Labute approximate surface area is 149 Å². The van der Waals surface area contributed by atoms with Gasteiger partial charge >= 0.3 is 29.6 Å². The Balaban J connectivity index is 0.00000200. The van der Waals surface area contributed by atoms with E-state index in [0.717, 1.165) is 0 Å². The van der Waals surface area contributed by atoms with E-state index in [1.54, 1.807) is 42.5 Å². The number of nitrogens with one attached hydrogen (secondary N) is 1. The predicted octanol–water partition coefficient (Wildman–Crippen LogP) is 0.0334. The monoisotopic (exact) mass is 317 g/mol. The number of para-hydroxylation sites is 1. The molecule has 3 nitrogen and oxygen atoms in total. The summed E-state index contributed by atoms with van der Waals surface area (Å²) in [6.07, 6.45) is -0.165. The zero-order valence-electron chi connectivity index (χ0n) is 10.8.